The van der Waals surface area contributed by atoms with E-state index < -0.39 is 0 Å². The number of fused-ring (bicyclic) bond motifs is 1. The van der Waals surface area contributed by atoms with E-state index in [1.54, 1.807) is 0 Å². The average molecular weight is 443 g/mol. The van der Waals surface area contributed by atoms with Crippen molar-refractivity contribution in [1.29, 1.82) is 0 Å². The third-order valence-electron chi connectivity index (χ3n) is 8.52. The van der Waals surface area contributed by atoms with Crippen molar-refractivity contribution >= 4 is 5.91 Å². The van der Waals surface area contributed by atoms with Gasteiger partial charge in [-0.15, -0.1) is 0 Å². The molecule has 1 heterocycles. The van der Waals surface area contributed by atoms with Crippen molar-refractivity contribution in [2.75, 3.05) is 27.3 Å². The predicted molar refractivity (Wildman–Crippen MR) is 128 cm³/mol. The molecule has 3 aliphatic rings. The van der Waals surface area contributed by atoms with Crippen LogP contribution in [0.4, 0.5) is 0 Å². The standard InChI is InChI=1S/C27H42N2O3/c1-8-31-22-10-9-18(13-19(22)16-29(6)7)23-21-14-20-15-27(21,11-12-32-23)25(26(20,4)5)28-24(30)17(2)3/h9-10,13,17,20-21,23,25H,8,11-12,14-16H2,1-7H3,(H,28,30)/t20-,21-,23-,25+,27-/m1/s1. The summed E-state index contributed by atoms with van der Waals surface area (Å²) in [6.45, 7) is 13.0. The molecule has 0 radical (unpaired) electrons. The zero-order chi connectivity index (χ0) is 23.3. The summed E-state index contributed by atoms with van der Waals surface area (Å²) in [5, 5.41) is 3.50. The van der Waals surface area contributed by atoms with Crippen molar-refractivity contribution in [3.8, 4) is 5.75 Å². The Balaban J connectivity index is 1.67. The molecule has 2 aliphatic carbocycles. The maximum absolute atomic E-state index is 12.8. The number of ether oxygens (including phenoxy) is 2. The van der Waals surface area contributed by atoms with Gasteiger partial charge in [0.1, 0.15) is 5.75 Å². The molecule has 5 atom stereocenters. The minimum absolute atomic E-state index is 0.00937. The first-order valence-electron chi connectivity index (χ1n) is 12.4. The highest BCUT2D eigenvalue weighted by atomic mass is 16.5. The van der Waals surface area contributed by atoms with Crippen molar-refractivity contribution in [2.24, 2.45) is 28.6 Å². The van der Waals surface area contributed by atoms with Crippen LogP contribution in [0, 0.1) is 28.6 Å². The molecule has 1 saturated heterocycles. The van der Waals surface area contributed by atoms with Crippen LogP contribution in [0.2, 0.25) is 0 Å². The van der Waals surface area contributed by atoms with Crippen molar-refractivity contribution in [1.82, 2.24) is 10.2 Å². The Morgan fingerprint density at radius 3 is 2.72 bits per heavy atom. The van der Waals surface area contributed by atoms with Gasteiger partial charge in [0.25, 0.3) is 0 Å². The van der Waals surface area contributed by atoms with Crippen LogP contribution in [0.15, 0.2) is 18.2 Å². The van der Waals surface area contributed by atoms with Gasteiger partial charge in [0, 0.05) is 30.7 Å². The van der Waals surface area contributed by atoms with Gasteiger partial charge in [0.2, 0.25) is 5.91 Å². The van der Waals surface area contributed by atoms with Crippen LogP contribution in [0.25, 0.3) is 0 Å². The molecule has 1 spiro atoms. The predicted octanol–water partition coefficient (Wildman–Crippen LogP) is 4.80. The second-order valence-corrected chi connectivity index (χ2v) is 11.5. The van der Waals surface area contributed by atoms with Crippen LogP contribution in [-0.4, -0.2) is 44.2 Å². The first-order valence-corrected chi connectivity index (χ1v) is 12.4. The topological polar surface area (TPSA) is 50.8 Å². The molecule has 1 N–H and O–H groups in total. The summed E-state index contributed by atoms with van der Waals surface area (Å²) in [7, 11) is 4.18. The van der Waals surface area contributed by atoms with Crippen molar-refractivity contribution < 1.29 is 14.3 Å². The van der Waals surface area contributed by atoms with Gasteiger partial charge in [-0.2, -0.15) is 0 Å². The molecule has 0 unspecified atom stereocenters. The third-order valence-corrected chi connectivity index (χ3v) is 8.52. The molecule has 1 aromatic rings. The maximum atomic E-state index is 12.8. The Kier molecular flexibility index (Phi) is 6.36. The fourth-order valence-electron chi connectivity index (χ4n) is 6.96. The highest BCUT2D eigenvalue weighted by Gasteiger charge is 2.68. The Labute approximate surface area is 194 Å². The van der Waals surface area contributed by atoms with E-state index >= 15 is 0 Å². The molecular weight excluding hydrogens is 400 g/mol. The second kappa shape index (κ2) is 8.64. The van der Waals surface area contributed by atoms with E-state index in [0.29, 0.717) is 18.4 Å². The zero-order valence-electron chi connectivity index (χ0n) is 21.0. The van der Waals surface area contributed by atoms with Crippen molar-refractivity contribution in [3.05, 3.63) is 29.3 Å². The molecule has 0 aromatic heterocycles. The number of nitrogens with one attached hydrogen (secondary N) is 1. The second-order valence-electron chi connectivity index (χ2n) is 11.5. The van der Waals surface area contributed by atoms with E-state index in [1.165, 1.54) is 24.0 Å². The monoisotopic (exact) mass is 442 g/mol. The number of nitrogens with zero attached hydrogens (tertiary/aromatic N) is 1. The van der Waals surface area contributed by atoms with Gasteiger partial charge >= 0.3 is 0 Å². The fraction of sp³-hybridized carbons (Fsp3) is 0.741. The highest BCUT2D eigenvalue weighted by Crippen LogP contribution is 2.70. The fourth-order valence-corrected chi connectivity index (χ4v) is 6.96. The molecule has 32 heavy (non-hydrogen) atoms. The van der Waals surface area contributed by atoms with Crippen LogP contribution in [0.1, 0.15) is 71.1 Å². The smallest absolute Gasteiger partial charge is 0.222 e. The van der Waals surface area contributed by atoms with E-state index in [4.69, 9.17) is 9.47 Å². The average Bonchev–Trinajstić information content (AvgIpc) is 3.21. The summed E-state index contributed by atoms with van der Waals surface area (Å²) in [4.78, 5) is 15.0. The summed E-state index contributed by atoms with van der Waals surface area (Å²) in [5.41, 5.74) is 2.72. The Morgan fingerprint density at radius 1 is 1.31 bits per heavy atom. The van der Waals surface area contributed by atoms with E-state index in [1.807, 2.05) is 20.8 Å². The van der Waals surface area contributed by atoms with E-state index in [-0.39, 0.29) is 34.8 Å². The number of benzene rings is 1. The van der Waals surface area contributed by atoms with Crippen LogP contribution in [0.3, 0.4) is 0 Å². The first-order chi connectivity index (χ1) is 15.1. The van der Waals surface area contributed by atoms with Crippen LogP contribution in [0.5, 0.6) is 5.75 Å². The molecule has 1 aliphatic heterocycles. The summed E-state index contributed by atoms with van der Waals surface area (Å²) >= 11 is 0. The number of rotatable bonds is 7. The number of amides is 1. The number of carbonyl (C=O) groups excluding carboxylic acids is 1. The lowest BCUT2D eigenvalue weighted by Crippen LogP contribution is -2.59. The minimum atomic E-state index is 0.00937. The highest BCUT2D eigenvalue weighted by molar-refractivity contribution is 5.78. The lowest BCUT2D eigenvalue weighted by molar-refractivity contribution is -0.139. The van der Waals surface area contributed by atoms with Crippen LogP contribution < -0.4 is 10.1 Å². The normalized spacial score (nSPS) is 32.9. The number of hydrogen-bond donors (Lipinski definition) is 1. The Bertz CT molecular complexity index is 849. The third kappa shape index (κ3) is 3.86. The molecule has 3 fully saturated rings. The van der Waals surface area contributed by atoms with E-state index in [2.05, 4.69) is 56.4 Å². The Morgan fingerprint density at radius 2 is 2.06 bits per heavy atom. The van der Waals surface area contributed by atoms with Gasteiger partial charge < -0.3 is 19.7 Å². The molecular formula is C27H42N2O3. The number of hydrogen-bond acceptors (Lipinski definition) is 4. The van der Waals surface area contributed by atoms with Gasteiger partial charge in [-0.05, 0) is 80.6 Å². The summed E-state index contributed by atoms with van der Waals surface area (Å²) in [6, 6.07) is 6.83. The molecule has 4 rings (SSSR count). The summed E-state index contributed by atoms with van der Waals surface area (Å²) < 4.78 is 12.4. The largest absolute Gasteiger partial charge is 0.494 e. The SMILES string of the molecule is CCOc1ccc([C@H]2OCC[C@@]34C[C@@H](C[C@H]23)C(C)(C)[C@@H]4NC(=O)C(C)C)cc1CN(C)C. The van der Waals surface area contributed by atoms with Gasteiger partial charge in [0.05, 0.1) is 12.7 Å². The summed E-state index contributed by atoms with van der Waals surface area (Å²) in [5.74, 6) is 2.22. The number of carbonyl (C=O) groups is 1. The lowest BCUT2D eigenvalue weighted by atomic mass is 9.58. The first kappa shape index (κ1) is 23.6. The molecule has 1 amide bonds. The summed E-state index contributed by atoms with van der Waals surface area (Å²) in [6.07, 6.45) is 3.51. The molecule has 5 nitrogen and oxygen atoms in total. The Hall–Kier alpha value is -1.59. The van der Waals surface area contributed by atoms with E-state index in [0.717, 1.165) is 25.3 Å². The molecule has 2 bridgehead atoms. The molecule has 1 aromatic carbocycles. The quantitative estimate of drug-likeness (QED) is 0.659. The zero-order valence-corrected chi connectivity index (χ0v) is 21.0. The lowest BCUT2D eigenvalue weighted by Gasteiger charge is -2.53. The van der Waals surface area contributed by atoms with Gasteiger partial charge in [-0.3, -0.25) is 4.79 Å². The molecule has 178 valence electrons. The van der Waals surface area contributed by atoms with Gasteiger partial charge in [-0.1, -0.05) is 33.8 Å². The van der Waals surface area contributed by atoms with Gasteiger partial charge in [0.15, 0.2) is 0 Å². The van der Waals surface area contributed by atoms with Crippen LogP contribution in [-0.2, 0) is 16.1 Å². The van der Waals surface area contributed by atoms with E-state index in [9.17, 15) is 4.79 Å². The van der Waals surface area contributed by atoms with Crippen molar-refractivity contribution in [3.63, 3.8) is 0 Å². The van der Waals surface area contributed by atoms with Gasteiger partial charge in [-0.25, -0.2) is 0 Å². The minimum Gasteiger partial charge on any atom is -0.494 e. The van der Waals surface area contributed by atoms with Crippen LogP contribution >= 0.6 is 0 Å². The van der Waals surface area contributed by atoms with Crippen molar-refractivity contribution in [2.45, 2.75) is 72.6 Å². The molecule has 2 saturated carbocycles. The maximum Gasteiger partial charge on any atom is 0.222 e. The molecule has 5 heteroatoms.